The summed E-state index contributed by atoms with van der Waals surface area (Å²) in [6.07, 6.45) is 7.19. The van der Waals surface area contributed by atoms with Crippen LogP contribution in [0.5, 0.6) is 0 Å². The lowest BCUT2D eigenvalue weighted by molar-refractivity contribution is 0.0327. The molecular weight excluding hydrogens is 400 g/mol. The Hall–Kier alpha value is -2.34. The van der Waals surface area contributed by atoms with Gasteiger partial charge >= 0.3 is 6.09 Å². The third-order valence-corrected chi connectivity index (χ3v) is 6.87. The van der Waals surface area contributed by atoms with Gasteiger partial charge in [0.25, 0.3) is 0 Å². The van der Waals surface area contributed by atoms with Gasteiger partial charge in [0.15, 0.2) is 0 Å². The summed E-state index contributed by atoms with van der Waals surface area (Å²) in [4.78, 5) is 17.2. The number of rotatable bonds is 2. The highest BCUT2D eigenvalue weighted by molar-refractivity contribution is 5.87. The Bertz CT molecular complexity index is 1030. The molecule has 0 bridgehead atoms. The molecule has 2 aliphatic rings. The summed E-state index contributed by atoms with van der Waals surface area (Å²) in [6, 6.07) is 6.75. The molecule has 0 spiro atoms. The number of aromatic nitrogens is 2. The van der Waals surface area contributed by atoms with Crippen molar-refractivity contribution in [3.8, 4) is 0 Å². The second-order valence-corrected chi connectivity index (χ2v) is 11.3. The van der Waals surface area contributed by atoms with E-state index in [0.29, 0.717) is 18.5 Å². The molecule has 6 nitrogen and oxygen atoms in total. The lowest BCUT2D eigenvalue weighted by Crippen LogP contribution is -2.47. The van der Waals surface area contributed by atoms with Gasteiger partial charge in [-0.25, -0.2) is 4.79 Å². The highest BCUT2D eigenvalue weighted by atomic mass is 16.6. The minimum Gasteiger partial charge on any atom is -0.443 e. The Morgan fingerprint density at radius 1 is 1.25 bits per heavy atom. The fraction of sp³-hybridized carbons (Fsp3) is 0.615. The number of fused-ring (bicyclic) bond motifs is 1. The van der Waals surface area contributed by atoms with E-state index >= 15 is 0 Å². The minimum absolute atomic E-state index is 0.170. The Morgan fingerprint density at radius 2 is 2.00 bits per heavy atom. The van der Waals surface area contributed by atoms with Crippen LogP contribution in [0.3, 0.4) is 0 Å². The van der Waals surface area contributed by atoms with Gasteiger partial charge in [-0.05, 0) is 72.9 Å². The average Bonchev–Trinajstić information content (AvgIpc) is 3.12. The summed E-state index contributed by atoms with van der Waals surface area (Å²) in [5, 5.41) is 6.10. The predicted molar refractivity (Wildman–Crippen MR) is 129 cm³/mol. The maximum atomic E-state index is 12.9. The van der Waals surface area contributed by atoms with Gasteiger partial charge in [0.1, 0.15) is 5.60 Å². The first kappa shape index (κ1) is 22.8. The Kier molecular flexibility index (Phi) is 5.86. The molecule has 0 aliphatic carbocycles. The van der Waals surface area contributed by atoms with E-state index in [9.17, 15) is 4.79 Å². The third kappa shape index (κ3) is 4.70. The van der Waals surface area contributed by atoms with E-state index < -0.39 is 5.60 Å². The number of carbonyl (C=O) groups excluding carboxylic acids is 1. The van der Waals surface area contributed by atoms with Crippen LogP contribution >= 0.6 is 0 Å². The summed E-state index contributed by atoms with van der Waals surface area (Å²) < 4.78 is 7.86. The number of benzene rings is 1. The molecule has 174 valence electrons. The van der Waals surface area contributed by atoms with Gasteiger partial charge in [-0.15, -0.1) is 0 Å². The lowest BCUT2D eigenvalue weighted by Gasteiger charge is -2.43. The van der Waals surface area contributed by atoms with E-state index in [0.717, 1.165) is 48.0 Å². The highest BCUT2D eigenvalue weighted by Crippen LogP contribution is 2.35. The van der Waals surface area contributed by atoms with E-state index in [1.165, 1.54) is 0 Å². The quantitative estimate of drug-likeness (QED) is 0.603. The van der Waals surface area contributed by atoms with Gasteiger partial charge in [0.05, 0.1) is 17.3 Å². The largest absolute Gasteiger partial charge is 0.443 e. The van der Waals surface area contributed by atoms with Crippen molar-refractivity contribution >= 4 is 22.7 Å². The number of carbonyl (C=O) groups is 1. The number of piperidine rings is 1. The standard InChI is InChI=1S/C26H38N4O2/c1-18-8-11-23(29(16-18)24(31)32-25(2,3)4)19-9-10-20-17-30(27-22(20)14-19)21-12-13-28(7)26(5,6)15-21/h9-11,14,17-18,21H,8,12-13,15-16H2,1-7H3/t18-,21?/m0/s1. The highest BCUT2D eigenvalue weighted by Gasteiger charge is 2.34. The van der Waals surface area contributed by atoms with Gasteiger partial charge in [0, 0.05) is 35.8 Å². The number of ether oxygens (including phenoxy) is 1. The molecule has 2 aromatic rings. The molecule has 4 rings (SSSR count). The number of hydrogen-bond acceptors (Lipinski definition) is 4. The van der Waals surface area contributed by atoms with Crippen LogP contribution in [0.15, 0.2) is 30.5 Å². The summed E-state index contributed by atoms with van der Waals surface area (Å²) in [6.45, 7) is 14.2. The van der Waals surface area contributed by atoms with Crippen molar-refractivity contribution in [2.75, 3.05) is 20.1 Å². The van der Waals surface area contributed by atoms with Gasteiger partial charge in [-0.2, -0.15) is 5.10 Å². The number of nitrogens with zero attached hydrogens (tertiary/aromatic N) is 4. The topological polar surface area (TPSA) is 50.6 Å². The molecule has 0 radical (unpaired) electrons. The summed E-state index contributed by atoms with van der Waals surface area (Å²) >= 11 is 0. The first-order valence-corrected chi connectivity index (χ1v) is 11.8. The van der Waals surface area contributed by atoms with Crippen molar-refractivity contribution in [3.05, 3.63) is 36.0 Å². The molecule has 1 fully saturated rings. The molecule has 2 aliphatic heterocycles. The van der Waals surface area contributed by atoms with Crippen molar-refractivity contribution in [3.63, 3.8) is 0 Å². The lowest BCUT2D eigenvalue weighted by atomic mass is 9.87. The zero-order valence-electron chi connectivity index (χ0n) is 20.7. The molecule has 0 saturated carbocycles. The SMILES string of the molecule is C[C@H]1CC=C(c2ccc3cn(C4CCN(C)C(C)(C)C4)nc3c2)N(C(=O)OC(C)(C)C)C1. The van der Waals surface area contributed by atoms with Crippen LogP contribution in [0.2, 0.25) is 0 Å². The Morgan fingerprint density at radius 3 is 2.69 bits per heavy atom. The van der Waals surface area contributed by atoms with Crippen LogP contribution in [0.1, 0.15) is 72.4 Å². The van der Waals surface area contributed by atoms with Crippen molar-refractivity contribution < 1.29 is 9.53 Å². The van der Waals surface area contributed by atoms with E-state index in [-0.39, 0.29) is 11.6 Å². The first-order valence-electron chi connectivity index (χ1n) is 11.8. The van der Waals surface area contributed by atoms with E-state index in [4.69, 9.17) is 9.84 Å². The number of hydrogen-bond donors (Lipinski definition) is 0. The molecule has 1 aromatic heterocycles. The average molecular weight is 439 g/mol. The summed E-state index contributed by atoms with van der Waals surface area (Å²) in [5.74, 6) is 0.405. The molecule has 1 aromatic carbocycles. The maximum Gasteiger partial charge on any atom is 0.414 e. The van der Waals surface area contributed by atoms with E-state index in [1.807, 2.05) is 20.8 Å². The van der Waals surface area contributed by atoms with Crippen LogP contribution in [0.4, 0.5) is 4.79 Å². The molecule has 0 N–H and O–H groups in total. The van der Waals surface area contributed by atoms with Crippen molar-refractivity contribution in [2.24, 2.45) is 5.92 Å². The molecule has 1 amide bonds. The van der Waals surface area contributed by atoms with E-state index in [2.05, 4.69) is 67.9 Å². The first-order chi connectivity index (χ1) is 14.9. The maximum absolute atomic E-state index is 12.9. The molecular formula is C26H38N4O2. The Labute approximate surface area is 192 Å². The van der Waals surface area contributed by atoms with Crippen LogP contribution in [0.25, 0.3) is 16.6 Å². The van der Waals surface area contributed by atoms with Gasteiger partial charge in [-0.3, -0.25) is 9.58 Å². The number of allylic oxidation sites excluding steroid dienone is 1. The van der Waals surface area contributed by atoms with Gasteiger partial charge < -0.3 is 9.64 Å². The zero-order valence-corrected chi connectivity index (χ0v) is 20.7. The smallest absolute Gasteiger partial charge is 0.414 e. The second-order valence-electron chi connectivity index (χ2n) is 11.3. The zero-order chi connectivity index (χ0) is 23.3. The van der Waals surface area contributed by atoms with Crippen LogP contribution in [-0.2, 0) is 4.74 Å². The van der Waals surface area contributed by atoms with E-state index in [1.54, 1.807) is 4.90 Å². The molecule has 3 heterocycles. The Balaban J connectivity index is 1.62. The molecule has 6 heteroatoms. The molecule has 32 heavy (non-hydrogen) atoms. The van der Waals surface area contributed by atoms with Crippen molar-refractivity contribution in [1.29, 1.82) is 0 Å². The summed E-state index contributed by atoms with van der Waals surface area (Å²) in [7, 11) is 2.21. The van der Waals surface area contributed by atoms with Gasteiger partial charge in [-0.1, -0.05) is 25.1 Å². The minimum atomic E-state index is -0.520. The van der Waals surface area contributed by atoms with Crippen molar-refractivity contribution in [2.45, 2.75) is 78.0 Å². The third-order valence-electron chi connectivity index (χ3n) is 6.87. The van der Waals surface area contributed by atoms with Crippen molar-refractivity contribution in [1.82, 2.24) is 19.6 Å². The van der Waals surface area contributed by atoms with Crippen LogP contribution in [0, 0.1) is 5.92 Å². The predicted octanol–water partition coefficient (Wildman–Crippen LogP) is 5.70. The monoisotopic (exact) mass is 438 g/mol. The fourth-order valence-corrected chi connectivity index (χ4v) is 4.76. The second kappa shape index (κ2) is 8.22. The number of amides is 1. The number of likely N-dealkylation sites (tertiary alicyclic amines) is 1. The normalized spacial score (nSPS) is 24.5. The van der Waals surface area contributed by atoms with Crippen LogP contribution < -0.4 is 0 Å². The molecule has 2 atom stereocenters. The molecule has 1 unspecified atom stereocenters. The molecule has 1 saturated heterocycles. The summed E-state index contributed by atoms with van der Waals surface area (Å²) in [5.41, 5.74) is 2.57. The van der Waals surface area contributed by atoms with Crippen LogP contribution in [-0.4, -0.2) is 57.0 Å². The van der Waals surface area contributed by atoms with Gasteiger partial charge in [0.2, 0.25) is 0 Å². The fourth-order valence-electron chi connectivity index (χ4n) is 4.76.